The summed E-state index contributed by atoms with van der Waals surface area (Å²) in [6, 6.07) is 3.46. The first-order chi connectivity index (χ1) is 9.29. The minimum Gasteiger partial charge on any atom is -0.465 e. The summed E-state index contributed by atoms with van der Waals surface area (Å²) in [5.41, 5.74) is -0.418. The van der Waals surface area contributed by atoms with Gasteiger partial charge in [-0.05, 0) is 39.3 Å². The molecule has 1 aliphatic heterocycles. The monoisotopic (exact) mass is 298 g/mol. The van der Waals surface area contributed by atoms with E-state index in [1.54, 1.807) is 12.1 Å². The number of carbonyl (C=O) groups is 1. The molecule has 7 heteroatoms. The molecular formula is C13H19ClN4O2. The fourth-order valence-electron chi connectivity index (χ4n) is 2.63. The van der Waals surface area contributed by atoms with Gasteiger partial charge in [-0.25, -0.2) is 4.79 Å². The molecule has 1 N–H and O–H groups in total. The minimum atomic E-state index is -0.883. The topological polar surface area (TPSA) is 69.6 Å². The van der Waals surface area contributed by atoms with Gasteiger partial charge in [0, 0.05) is 18.6 Å². The molecule has 0 spiro atoms. The van der Waals surface area contributed by atoms with Crippen molar-refractivity contribution in [2.24, 2.45) is 0 Å². The van der Waals surface area contributed by atoms with E-state index in [9.17, 15) is 9.90 Å². The SMILES string of the molecule is CC(C)(C)N(C(=O)O)[C@@H]1CCN(c2ccc(Cl)nn2)C1. The van der Waals surface area contributed by atoms with Gasteiger partial charge >= 0.3 is 6.09 Å². The smallest absolute Gasteiger partial charge is 0.408 e. The molecule has 0 unspecified atom stereocenters. The summed E-state index contributed by atoms with van der Waals surface area (Å²) in [5.74, 6) is 0.733. The van der Waals surface area contributed by atoms with Gasteiger partial charge in [-0.1, -0.05) is 11.6 Å². The Morgan fingerprint density at radius 3 is 2.65 bits per heavy atom. The minimum absolute atomic E-state index is 0.0371. The summed E-state index contributed by atoms with van der Waals surface area (Å²) < 4.78 is 0. The van der Waals surface area contributed by atoms with Crippen LogP contribution in [0.15, 0.2) is 12.1 Å². The Balaban J connectivity index is 2.11. The highest BCUT2D eigenvalue weighted by molar-refractivity contribution is 6.29. The normalized spacial score (nSPS) is 19.2. The number of hydrogen-bond donors (Lipinski definition) is 1. The van der Waals surface area contributed by atoms with Gasteiger partial charge < -0.3 is 10.0 Å². The van der Waals surface area contributed by atoms with Crippen molar-refractivity contribution in [3.05, 3.63) is 17.3 Å². The first-order valence-electron chi connectivity index (χ1n) is 6.55. The number of rotatable bonds is 2. The summed E-state index contributed by atoms with van der Waals surface area (Å²) in [7, 11) is 0. The number of halogens is 1. The Hall–Kier alpha value is -1.56. The van der Waals surface area contributed by atoms with Gasteiger partial charge in [0.05, 0.1) is 6.04 Å². The van der Waals surface area contributed by atoms with E-state index in [1.807, 2.05) is 25.7 Å². The second-order valence-electron chi connectivity index (χ2n) is 5.93. The second kappa shape index (κ2) is 5.44. The van der Waals surface area contributed by atoms with Crippen molar-refractivity contribution in [2.75, 3.05) is 18.0 Å². The van der Waals surface area contributed by atoms with Crippen LogP contribution in [0.1, 0.15) is 27.2 Å². The zero-order chi connectivity index (χ0) is 14.9. The zero-order valence-corrected chi connectivity index (χ0v) is 12.6. The van der Waals surface area contributed by atoms with Crippen molar-refractivity contribution in [3.8, 4) is 0 Å². The van der Waals surface area contributed by atoms with Crippen molar-refractivity contribution in [1.29, 1.82) is 0 Å². The van der Waals surface area contributed by atoms with Crippen LogP contribution in [0.4, 0.5) is 10.6 Å². The molecule has 1 fully saturated rings. The molecule has 1 atom stereocenters. The molecule has 2 heterocycles. The molecule has 0 bridgehead atoms. The van der Waals surface area contributed by atoms with Crippen LogP contribution < -0.4 is 4.90 Å². The van der Waals surface area contributed by atoms with E-state index in [0.29, 0.717) is 11.7 Å². The summed E-state index contributed by atoms with van der Waals surface area (Å²) in [6.45, 7) is 7.12. The van der Waals surface area contributed by atoms with Crippen LogP contribution in [0, 0.1) is 0 Å². The fourth-order valence-corrected chi connectivity index (χ4v) is 2.73. The van der Waals surface area contributed by atoms with Crippen molar-refractivity contribution in [3.63, 3.8) is 0 Å². The van der Waals surface area contributed by atoms with E-state index < -0.39 is 11.6 Å². The van der Waals surface area contributed by atoms with E-state index in [-0.39, 0.29) is 6.04 Å². The average molecular weight is 299 g/mol. The second-order valence-corrected chi connectivity index (χ2v) is 6.31. The number of amides is 1. The van der Waals surface area contributed by atoms with Crippen LogP contribution in [0.25, 0.3) is 0 Å². The number of carboxylic acid groups (broad SMARTS) is 1. The molecule has 20 heavy (non-hydrogen) atoms. The van der Waals surface area contributed by atoms with Gasteiger partial charge in [0.15, 0.2) is 11.0 Å². The third kappa shape index (κ3) is 3.12. The maximum absolute atomic E-state index is 11.5. The van der Waals surface area contributed by atoms with Gasteiger partial charge in [0.1, 0.15) is 0 Å². The lowest BCUT2D eigenvalue weighted by atomic mass is 10.0. The maximum atomic E-state index is 11.5. The largest absolute Gasteiger partial charge is 0.465 e. The quantitative estimate of drug-likeness (QED) is 0.908. The van der Waals surface area contributed by atoms with Crippen molar-refractivity contribution >= 4 is 23.5 Å². The standard InChI is InChI=1S/C13H19ClN4O2/c1-13(2,3)18(12(19)20)9-6-7-17(8-9)11-5-4-10(14)15-16-11/h4-5,9H,6-8H2,1-3H3,(H,19,20)/t9-/m1/s1. The number of nitrogens with zero attached hydrogens (tertiary/aromatic N) is 4. The molecule has 1 aromatic heterocycles. The lowest BCUT2D eigenvalue weighted by Gasteiger charge is -2.37. The molecule has 1 saturated heterocycles. The van der Waals surface area contributed by atoms with Gasteiger partial charge in [-0.3, -0.25) is 4.90 Å². The predicted octanol–water partition coefficient (Wildman–Crippen LogP) is 2.49. The highest BCUT2D eigenvalue weighted by atomic mass is 35.5. The first kappa shape index (κ1) is 14.8. The fraction of sp³-hybridized carbons (Fsp3) is 0.615. The van der Waals surface area contributed by atoms with E-state index in [1.165, 1.54) is 4.90 Å². The van der Waals surface area contributed by atoms with Gasteiger partial charge in [0.25, 0.3) is 0 Å². The van der Waals surface area contributed by atoms with E-state index in [0.717, 1.165) is 18.8 Å². The maximum Gasteiger partial charge on any atom is 0.408 e. The molecule has 0 saturated carbocycles. The average Bonchev–Trinajstić information content (AvgIpc) is 2.76. The molecule has 110 valence electrons. The summed E-state index contributed by atoms with van der Waals surface area (Å²) >= 11 is 5.72. The van der Waals surface area contributed by atoms with Crippen LogP contribution in [-0.4, -0.2) is 51.0 Å². The molecule has 1 amide bonds. The van der Waals surface area contributed by atoms with E-state index in [2.05, 4.69) is 10.2 Å². The number of aromatic nitrogens is 2. The summed E-state index contributed by atoms with van der Waals surface area (Å²) in [5, 5.41) is 17.6. The van der Waals surface area contributed by atoms with Crippen LogP contribution in [0.2, 0.25) is 5.15 Å². The van der Waals surface area contributed by atoms with Crippen molar-refractivity contribution < 1.29 is 9.90 Å². The molecule has 1 aliphatic rings. The van der Waals surface area contributed by atoms with Crippen LogP contribution in [0.3, 0.4) is 0 Å². The lowest BCUT2D eigenvalue weighted by Crippen LogP contribution is -2.52. The van der Waals surface area contributed by atoms with Crippen LogP contribution in [-0.2, 0) is 0 Å². The Morgan fingerprint density at radius 1 is 1.45 bits per heavy atom. The Labute approximate surface area is 123 Å². The van der Waals surface area contributed by atoms with Crippen LogP contribution in [0.5, 0.6) is 0 Å². The van der Waals surface area contributed by atoms with Gasteiger partial charge in [0.2, 0.25) is 0 Å². The molecule has 1 aromatic rings. The molecule has 0 radical (unpaired) electrons. The zero-order valence-electron chi connectivity index (χ0n) is 11.9. The van der Waals surface area contributed by atoms with Crippen LogP contribution >= 0.6 is 11.6 Å². The van der Waals surface area contributed by atoms with Crippen molar-refractivity contribution in [1.82, 2.24) is 15.1 Å². The highest BCUT2D eigenvalue weighted by Crippen LogP contribution is 2.26. The third-order valence-electron chi connectivity index (χ3n) is 3.40. The Kier molecular flexibility index (Phi) is 4.04. The molecular weight excluding hydrogens is 280 g/mol. The van der Waals surface area contributed by atoms with Crippen molar-refractivity contribution in [2.45, 2.75) is 38.8 Å². The molecule has 6 nitrogen and oxygen atoms in total. The van der Waals surface area contributed by atoms with E-state index >= 15 is 0 Å². The lowest BCUT2D eigenvalue weighted by molar-refractivity contribution is 0.0763. The number of anilines is 1. The molecule has 0 aliphatic carbocycles. The third-order valence-corrected chi connectivity index (χ3v) is 3.60. The molecule has 2 rings (SSSR count). The predicted molar refractivity (Wildman–Crippen MR) is 77.3 cm³/mol. The Morgan fingerprint density at radius 2 is 2.15 bits per heavy atom. The van der Waals surface area contributed by atoms with E-state index in [4.69, 9.17) is 11.6 Å². The first-order valence-corrected chi connectivity index (χ1v) is 6.93. The Bertz CT molecular complexity index is 486. The molecule has 0 aromatic carbocycles. The summed E-state index contributed by atoms with van der Waals surface area (Å²) in [6.07, 6.45) is -0.0972. The summed E-state index contributed by atoms with van der Waals surface area (Å²) in [4.78, 5) is 15.0. The van der Waals surface area contributed by atoms with Gasteiger partial charge in [-0.15, -0.1) is 10.2 Å². The number of hydrogen-bond acceptors (Lipinski definition) is 4. The highest BCUT2D eigenvalue weighted by Gasteiger charge is 2.37. The van der Waals surface area contributed by atoms with Gasteiger partial charge in [-0.2, -0.15) is 0 Å².